The highest BCUT2D eigenvalue weighted by Crippen LogP contribution is 1.42. The molecule has 0 heterocycles. The van der Waals surface area contributed by atoms with Crippen LogP contribution in [-0.4, -0.2) is 28.4 Å². The average molecular weight is 87.0 g/mol. The predicted octanol–water partition coefficient (Wildman–Crippen LogP) is -0.290. The zero-order valence-electron chi connectivity index (χ0n) is 2.93. The molecule has 0 saturated heterocycles. The van der Waals surface area contributed by atoms with E-state index in [4.69, 9.17) is 9.90 Å². The summed E-state index contributed by atoms with van der Waals surface area (Å²) >= 11 is 0. The molecule has 1 N–H and O–H groups in total. The van der Waals surface area contributed by atoms with Gasteiger partial charge in [0, 0.05) is 24.3 Å². The third-order valence-electron chi connectivity index (χ3n) is 0. The zero-order chi connectivity index (χ0) is 3.58. The topological polar surface area (TPSA) is 37.3 Å². The molecular weight excluding hydrogens is 83.0 g/mol. The number of aliphatic carboxylic acids is 1. The highest BCUT2D eigenvalue weighted by molar-refractivity contribution is 5.75. The lowest BCUT2D eigenvalue weighted by atomic mass is 10.9. The van der Waals surface area contributed by atoms with E-state index in [1.54, 1.807) is 0 Å². The Kier molecular flexibility index (Phi) is 7.12. The van der Waals surface area contributed by atoms with E-state index in [0.717, 1.165) is 6.92 Å². The van der Waals surface area contributed by atoms with Crippen LogP contribution in [0.5, 0.6) is 0 Å². The van der Waals surface area contributed by atoms with Crippen molar-refractivity contribution in [3.8, 4) is 0 Å². The van der Waals surface area contributed by atoms with E-state index in [2.05, 4.69) is 0 Å². The number of rotatable bonds is 0. The van der Waals surface area contributed by atoms with E-state index in [1.165, 1.54) is 0 Å². The minimum Gasteiger partial charge on any atom is -0.481 e. The van der Waals surface area contributed by atoms with Crippen LogP contribution in [0, 0.1) is 0 Å². The monoisotopic (exact) mass is 87.0 g/mol. The quantitative estimate of drug-likeness (QED) is 0.412. The molecule has 0 atom stereocenters. The van der Waals surface area contributed by atoms with Gasteiger partial charge in [0.05, 0.1) is 0 Å². The number of carboxylic acid groups (broad SMARTS) is 1. The van der Waals surface area contributed by atoms with Crippen LogP contribution < -0.4 is 0 Å². The molecular formula is C2H4AlO2. The minimum atomic E-state index is -0.833. The molecule has 0 amide bonds. The molecule has 0 bridgehead atoms. The highest BCUT2D eigenvalue weighted by Gasteiger charge is 1.65. The predicted molar refractivity (Wildman–Crippen MR) is 19.1 cm³/mol. The van der Waals surface area contributed by atoms with Gasteiger partial charge in [0.25, 0.3) is 5.97 Å². The maximum Gasteiger partial charge on any atom is 0.300 e. The Bertz CT molecular complexity index is 30.6. The first kappa shape index (κ1) is 8.89. The van der Waals surface area contributed by atoms with Crippen LogP contribution in [0.2, 0.25) is 0 Å². The van der Waals surface area contributed by atoms with Crippen LogP contribution >= 0.6 is 0 Å². The van der Waals surface area contributed by atoms with Crippen molar-refractivity contribution in [3.05, 3.63) is 0 Å². The molecule has 0 saturated carbocycles. The Morgan fingerprint density at radius 3 is 1.80 bits per heavy atom. The van der Waals surface area contributed by atoms with E-state index in [1.807, 2.05) is 0 Å². The van der Waals surface area contributed by atoms with Gasteiger partial charge in [0.15, 0.2) is 0 Å². The molecule has 0 aliphatic rings. The Morgan fingerprint density at radius 1 is 1.80 bits per heavy atom. The van der Waals surface area contributed by atoms with E-state index in [9.17, 15) is 0 Å². The van der Waals surface area contributed by atoms with Crippen molar-refractivity contribution < 1.29 is 9.90 Å². The smallest absolute Gasteiger partial charge is 0.300 e. The standard InChI is InChI=1S/C2H4O2.Al/c1-2(3)4;/h1H3,(H,3,4);. The summed E-state index contributed by atoms with van der Waals surface area (Å²) in [5.74, 6) is -0.833. The maximum atomic E-state index is 9.00. The van der Waals surface area contributed by atoms with Crippen molar-refractivity contribution in [1.82, 2.24) is 0 Å². The van der Waals surface area contributed by atoms with E-state index in [0.29, 0.717) is 0 Å². The van der Waals surface area contributed by atoms with Crippen LogP contribution in [-0.2, 0) is 4.79 Å². The Balaban J connectivity index is 0. The molecule has 2 nitrogen and oxygen atoms in total. The van der Waals surface area contributed by atoms with Crippen LogP contribution in [0.15, 0.2) is 0 Å². The van der Waals surface area contributed by atoms with Crippen LogP contribution in [0.1, 0.15) is 6.92 Å². The Morgan fingerprint density at radius 2 is 1.80 bits per heavy atom. The van der Waals surface area contributed by atoms with E-state index >= 15 is 0 Å². The molecule has 0 aromatic carbocycles. The van der Waals surface area contributed by atoms with Gasteiger partial charge in [-0.3, -0.25) is 4.79 Å². The van der Waals surface area contributed by atoms with Gasteiger partial charge in [0.2, 0.25) is 0 Å². The summed E-state index contributed by atoms with van der Waals surface area (Å²) < 4.78 is 0. The first-order valence-electron chi connectivity index (χ1n) is 0.928. The fourth-order valence-electron chi connectivity index (χ4n) is 0. The van der Waals surface area contributed by atoms with Gasteiger partial charge in [-0.2, -0.15) is 0 Å². The van der Waals surface area contributed by atoms with Crippen molar-refractivity contribution in [2.45, 2.75) is 6.92 Å². The lowest BCUT2D eigenvalue weighted by Gasteiger charge is -1.59. The lowest BCUT2D eigenvalue weighted by molar-refractivity contribution is -0.134. The molecule has 5 heavy (non-hydrogen) atoms. The number of hydrogen-bond acceptors (Lipinski definition) is 1. The summed E-state index contributed by atoms with van der Waals surface area (Å²) in [7, 11) is 0. The van der Waals surface area contributed by atoms with E-state index < -0.39 is 5.97 Å². The maximum absolute atomic E-state index is 9.00. The molecule has 3 radical (unpaired) electrons. The Labute approximate surface area is 40.9 Å². The summed E-state index contributed by atoms with van der Waals surface area (Å²) in [6, 6.07) is 0. The molecule has 0 aromatic heterocycles. The molecule has 0 rings (SSSR count). The molecule has 0 aliphatic heterocycles. The first-order valence-corrected chi connectivity index (χ1v) is 0.928. The van der Waals surface area contributed by atoms with Crippen molar-refractivity contribution in [2.75, 3.05) is 0 Å². The average Bonchev–Trinajstić information content (AvgIpc) is 0.811. The van der Waals surface area contributed by atoms with Crippen LogP contribution in [0.4, 0.5) is 0 Å². The molecule has 0 unspecified atom stereocenters. The second-order valence-electron chi connectivity index (χ2n) is 0.519. The highest BCUT2D eigenvalue weighted by atomic mass is 27.0. The zero-order valence-corrected chi connectivity index (χ0v) is 4.09. The summed E-state index contributed by atoms with van der Waals surface area (Å²) in [6.45, 7) is 1.08. The third-order valence-corrected chi connectivity index (χ3v) is 0. The van der Waals surface area contributed by atoms with Crippen molar-refractivity contribution >= 4 is 23.3 Å². The molecule has 0 fully saturated rings. The Hall–Kier alpha value is 0.00247. The third kappa shape index (κ3) is 2640000. The second-order valence-corrected chi connectivity index (χ2v) is 0.519. The summed E-state index contributed by atoms with van der Waals surface area (Å²) in [4.78, 5) is 9.00. The molecule has 0 aliphatic carbocycles. The molecule has 3 heteroatoms. The normalized spacial score (nSPS) is 5.00. The van der Waals surface area contributed by atoms with Gasteiger partial charge in [-0.05, 0) is 0 Å². The SMILES string of the molecule is CC(=O)O.[Al]. The van der Waals surface area contributed by atoms with Crippen molar-refractivity contribution in [1.29, 1.82) is 0 Å². The molecule has 0 aromatic rings. The van der Waals surface area contributed by atoms with Crippen LogP contribution in [0.3, 0.4) is 0 Å². The van der Waals surface area contributed by atoms with Gasteiger partial charge in [0.1, 0.15) is 0 Å². The van der Waals surface area contributed by atoms with Crippen molar-refractivity contribution in [3.63, 3.8) is 0 Å². The molecule has 0 spiro atoms. The van der Waals surface area contributed by atoms with Gasteiger partial charge < -0.3 is 5.11 Å². The van der Waals surface area contributed by atoms with Gasteiger partial charge in [-0.15, -0.1) is 0 Å². The fraction of sp³-hybridized carbons (Fsp3) is 0.500. The van der Waals surface area contributed by atoms with Crippen LogP contribution in [0.25, 0.3) is 0 Å². The van der Waals surface area contributed by atoms with E-state index in [-0.39, 0.29) is 17.4 Å². The number of carboxylic acids is 1. The fourth-order valence-corrected chi connectivity index (χ4v) is 0. The first-order chi connectivity index (χ1) is 1.73. The largest absolute Gasteiger partial charge is 0.481 e. The number of carbonyl (C=O) groups is 1. The summed E-state index contributed by atoms with van der Waals surface area (Å²) in [5.41, 5.74) is 0. The van der Waals surface area contributed by atoms with Gasteiger partial charge in [-0.1, -0.05) is 0 Å². The van der Waals surface area contributed by atoms with Gasteiger partial charge >= 0.3 is 0 Å². The van der Waals surface area contributed by atoms with Gasteiger partial charge in [-0.25, -0.2) is 0 Å². The summed E-state index contributed by atoms with van der Waals surface area (Å²) in [5, 5.41) is 7.42. The lowest BCUT2D eigenvalue weighted by Crippen LogP contribution is -1.78. The molecule has 27 valence electrons. The minimum absolute atomic E-state index is 0. The summed E-state index contributed by atoms with van der Waals surface area (Å²) in [6.07, 6.45) is 0. The second kappa shape index (κ2) is 4.00. The number of hydrogen-bond donors (Lipinski definition) is 1. The van der Waals surface area contributed by atoms with Crippen molar-refractivity contribution in [2.24, 2.45) is 0 Å².